The van der Waals surface area contributed by atoms with E-state index in [9.17, 15) is 24.3 Å². The van der Waals surface area contributed by atoms with Gasteiger partial charge in [-0.2, -0.15) is 0 Å². The molecule has 2 atom stereocenters. The van der Waals surface area contributed by atoms with E-state index in [1.54, 1.807) is 41.5 Å². The van der Waals surface area contributed by atoms with Crippen LogP contribution in [0.1, 0.15) is 167 Å². The van der Waals surface area contributed by atoms with Crippen LogP contribution >= 0.6 is 0 Å². The second kappa shape index (κ2) is 23.3. The zero-order valence-corrected chi connectivity index (χ0v) is 35.0. The summed E-state index contributed by atoms with van der Waals surface area (Å²) >= 11 is 0. The molecule has 5 nitrogen and oxygen atoms in total. The lowest BCUT2D eigenvalue weighted by molar-refractivity contribution is -0.116. The molecule has 0 spiro atoms. The highest BCUT2D eigenvalue weighted by molar-refractivity contribution is 6.25. The number of aliphatic hydroxyl groups excluding tert-OH is 1. The van der Waals surface area contributed by atoms with E-state index in [0.717, 1.165) is 56.9 Å². The van der Waals surface area contributed by atoms with Gasteiger partial charge >= 0.3 is 0 Å². The van der Waals surface area contributed by atoms with Crippen LogP contribution in [0.4, 0.5) is 0 Å². The summed E-state index contributed by atoms with van der Waals surface area (Å²) in [5, 5.41) is 10.2. The molecule has 0 radical (unpaired) electrons. The third kappa shape index (κ3) is 15.7. The summed E-state index contributed by atoms with van der Waals surface area (Å²) in [5.74, 6) is 0.581. The number of ketones is 4. The molecule has 0 aromatic heterocycles. The molecule has 0 heterocycles. The average molecular weight is 715 g/mol. The first-order chi connectivity index (χ1) is 24.3. The molecule has 0 fully saturated rings. The summed E-state index contributed by atoms with van der Waals surface area (Å²) < 4.78 is 0. The minimum atomic E-state index is -0.452. The Morgan fingerprint density at radius 2 is 0.846 bits per heavy atom. The SMILES string of the molecule is CC(C)=CCC/C(C)=C/CCC(C)CCC1=C(C)C(=O)C(C)=C(C)C1=O.CC(C)=CCC/C(C)=C/CCC(O)CCC1=C(C)C(=O)C(C)=C(C)C1=O. The highest BCUT2D eigenvalue weighted by Gasteiger charge is 2.28. The predicted molar refractivity (Wildman–Crippen MR) is 219 cm³/mol. The fourth-order valence-corrected chi connectivity index (χ4v) is 6.42. The summed E-state index contributed by atoms with van der Waals surface area (Å²) in [7, 11) is 0. The van der Waals surface area contributed by atoms with Crippen LogP contribution in [0, 0.1) is 5.92 Å². The van der Waals surface area contributed by atoms with Crippen LogP contribution in [0.25, 0.3) is 0 Å². The predicted octanol–water partition coefficient (Wildman–Crippen LogP) is 12.1. The molecule has 0 aliphatic heterocycles. The van der Waals surface area contributed by atoms with Crippen molar-refractivity contribution in [2.45, 2.75) is 173 Å². The minimum absolute atomic E-state index is 0.0400. The zero-order chi connectivity index (χ0) is 39.7. The van der Waals surface area contributed by atoms with Crippen LogP contribution in [0.2, 0.25) is 0 Å². The van der Waals surface area contributed by atoms with E-state index in [2.05, 4.69) is 72.8 Å². The number of carbonyl (C=O) groups is 4. The summed E-state index contributed by atoms with van der Waals surface area (Å²) in [6, 6.07) is 0. The number of hydrogen-bond acceptors (Lipinski definition) is 5. The number of aliphatic hydroxyl groups is 1. The molecule has 2 rings (SSSR count). The van der Waals surface area contributed by atoms with Gasteiger partial charge in [-0.3, -0.25) is 19.2 Å². The van der Waals surface area contributed by atoms with Crippen molar-refractivity contribution in [3.8, 4) is 0 Å². The number of carbonyl (C=O) groups excluding carboxylic acids is 4. The summed E-state index contributed by atoms with van der Waals surface area (Å²) in [5.41, 5.74) is 10.3. The van der Waals surface area contributed by atoms with Crippen LogP contribution in [-0.4, -0.2) is 34.3 Å². The van der Waals surface area contributed by atoms with Gasteiger partial charge in [0.15, 0.2) is 23.1 Å². The molecule has 0 aromatic rings. The lowest BCUT2D eigenvalue weighted by Gasteiger charge is -2.20. The standard InChI is InChI=1S/C24H36O2.C23H34O3/c1-16(2)10-8-11-17(3)12-9-13-18(4)14-15-22-21(7)23(25)19(5)20(6)24(22)26;1-15(2)9-7-10-16(3)11-8-12-20(24)13-14-21-19(6)22(25)17(4)18(5)23(21)26/h10,12,18H,8-9,11,13-15H2,1-7H3;9,11,20,24H,7-8,10,12-14H2,1-6H3/b17-12+;16-11+. The summed E-state index contributed by atoms with van der Waals surface area (Å²) in [6.45, 7) is 25.5. The van der Waals surface area contributed by atoms with Crippen molar-refractivity contribution in [3.63, 3.8) is 0 Å². The Kier molecular flexibility index (Phi) is 20.8. The lowest BCUT2D eigenvalue weighted by Crippen LogP contribution is -2.21. The Morgan fingerprint density at radius 1 is 0.481 bits per heavy atom. The third-order valence-electron chi connectivity index (χ3n) is 10.6. The molecule has 2 unspecified atom stereocenters. The molecule has 1 N–H and O–H groups in total. The molecule has 0 saturated carbocycles. The van der Waals surface area contributed by atoms with Crippen LogP contribution in [0.3, 0.4) is 0 Å². The van der Waals surface area contributed by atoms with Gasteiger partial charge in [0.2, 0.25) is 0 Å². The maximum absolute atomic E-state index is 12.5. The molecule has 288 valence electrons. The number of allylic oxidation sites excluding steroid dienone is 16. The Labute approximate surface area is 316 Å². The first-order valence-electron chi connectivity index (χ1n) is 19.5. The average Bonchev–Trinajstić information content (AvgIpc) is 3.08. The minimum Gasteiger partial charge on any atom is -0.393 e. The van der Waals surface area contributed by atoms with Gasteiger partial charge in [0, 0.05) is 44.6 Å². The van der Waals surface area contributed by atoms with Crippen molar-refractivity contribution in [2.75, 3.05) is 0 Å². The highest BCUT2D eigenvalue weighted by Crippen LogP contribution is 2.30. The van der Waals surface area contributed by atoms with Crippen LogP contribution in [0.5, 0.6) is 0 Å². The van der Waals surface area contributed by atoms with E-state index in [1.807, 2.05) is 0 Å². The van der Waals surface area contributed by atoms with Gasteiger partial charge in [0.25, 0.3) is 0 Å². The molecule has 0 saturated heterocycles. The number of Topliss-reactive ketones (excluding diaryl/α,β-unsaturated/α-hetero) is 4. The van der Waals surface area contributed by atoms with Gasteiger partial charge < -0.3 is 5.11 Å². The first kappa shape index (κ1) is 46.6. The monoisotopic (exact) mass is 715 g/mol. The molecular formula is C47H70O5. The normalized spacial score (nSPS) is 17.1. The molecule has 2 aliphatic carbocycles. The topological polar surface area (TPSA) is 88.5 Å². The van der Waals surface area contributed by atoms with Crippen LogP contribution < -0.4 is 0 Å². The van der Waals surface area contributed by atoms with Gasteiger partial charge in [-0.15, -0.1) is 0 Å². The molecule has 2 aliphatic rings. The van der Waals surface area contributed by atoms with Crippen molar-refractivity contribution in [3.05, 3.63) is 91.2 Å². The molecule has 5 heteroatoms. The van der Waals surface area contributed by atoms with Crippen molar-refractivity contribution in [1.82, 2.24) is 0 Å². The molecule has 0 amide bonds. The van der Waals surface area contributed by atoms with Crippen LogP contribution in [0.15, 0.2) is 91.2 Å². The molecule has 0 bridgehead atoms. The van der Waals surface area contributed by atoms with Crippen LogP contribution in [-0.2, 0) is 19.2 Å². The second-order valence-electron chi connectivity index (χ2n) is 15.8. The van der Waals surface area contributed by atoms with Crippen molar-refractivity contribution in [2.24, 2.45) is 5.92 Å². The Bertz CT molecular complexity index is 1450. The molecular weight excluding hydrogens is 645 g/mol. The highest BCUT2D eigenvalue weighted by atomic mass is 16.3. The van der Waals surface area contributed by atoms with Gasteiger partial charge in [-0.1, -0.05) is 53.5 Å². The van der Waals surface area contributed by atoms with Gasteiger partial charge in [0.05, 0.1) is 6.10 Å². The second-order valence-corrected chi connectivity index (χ2v) is 15.8. The summed E-state index contributed by atoms with van der Waals surface area (Å²) in [6.07, 6.45) is 19.4. The van der Waals surface area contributed by atoms with Gasteiger partial charge in [0.1, 0.15) is 0 Å². The van der Waals surface area contributed by atoms with Gasteiger partial charge in [-0.05, 0) is 166 Å². The Morgan fingerprint density at radius 3 is 1.25 bits per heavy atom. The van der Waals surface area contributed by atoms with E-state index >= 15 is 0 Å². The molecule has 0 aromatic carbocycles. The first-order valence-corrected chi connectivity index (χ1v) is 19.5. The van der Waals surface area contributed by atoms with Crippen molar-refractivity contribution < 1.29 is 24.3 Å². The lowest BCUT2D eigenvalue weighted by atomic mass is 9.82. The van der Waals surface area contributed by atoms with E-state index in [-0.39, 0.29) is 23.1 Å². The maximum Gasteiger partial charge on any atom is 0.185 e. The van der Waals surface area contributed by atoms with E-state index < -0.39 is 6.10 Å². The van der Waals surface area contributed by atoms with Crippen molar-refractivity contribution >= 4 is 23.1 Å². The fraction of sp³-hybridized carbons (Fsp3) is 0.574. The zero-order valence-electron chi connectivity index (χ0n) is 35.0. The summed E-state index contributed by atoms with van der Waals surface area (Å²) in [4.78, 5) is 49.3. The van der Waals surface area contributed by atoms with E-state index in [0.29, 0.717) is 70.6 Å². The van der Waals surface area contributed by atoms with E-state index in [1.165, 1.54) is 22.3 Å². The quantitative estimate of drug-likeness (QED) is 0.113. The number of hydrogen-bond donors (Lipinski definition) is 1. The Balaban J connectivity index is 0.000000520. The number of rotatable bonds is 18. The Hall–Kier alpha value is -3.44. The van der Waals surface area contributed by atoms with Gasteiger partial charge in [-0.25, -0.2) is 0 Å². The fourth-order valence-electron chi connectivity index (χ4n) is 6.42. The van der Waals surface area contributed by atoms with Crippen molar-refractivity contribution in [1.29, 1.82) is 0 Å². The smallest absolute Gasteiger partial charge is 0.185 e. The van der Waals surface area contributed by atoms with E-state index in [4.69, 9.17) is 0 Å². The third-order valence-corrected chi connectivity index (χ3v) is 10.6. The maximum atomic E-state index is 12.5. The largest absolute Gasteiger partial charge is 0.393 e. The molecule has 52 heavy (non-hydrogen) atoms.